The summed E-state index contributed by atoms with van der Waals surface area (Å²) in [5.41, 5.74) is 1.83. The molecule has 1 fully saturated rings. The Bertz CT molecular complexity index is 557. The van der Waals surface area contributed by atoms with Gasteiger partial charge in [-0.15, -0.1) is 0 Å². The second-order valence-electron chi connectivity index (χ2n) is 5.61. The minimum Gasteiger partial charge on any atom is -0.377 e. The molecule has 0 unspecified atom stereocenters. The molecule has 1 saturated heterocycles. The second-order valence-corrected chi connectivity index (χ2v) is 8.49. The minimum atomic E-state index is -2.63. The van der Waals surface area contributed by atoms with Crippen LogP contribution >= 0.6 is 0 Å². The summed E-state index contributed by atoms with van der Waals surface area (Å²) >= 11 is 0. The van der Waals surface area contributed by atoms with Gasteiger partial charge in [0.05, 0.1) is 0 Å². The lowest BCUT2D eigenvalue weighted by atomic mass is 9.83. The first-order valence-corrected chi connectivity index (χ1v) is 9.59. The average Bonchev–Trinajstić information content (AvgIpc) is 2.63. The van der Waals surface area contributed by atoms with Crippen molar-refractivity contribution >= 4 is 8.80 Å². The standard InChI is InChI=1S/C18H22O3Si/c1-19-22(20-2)15-9-14-18(21-22,16-10-5-3-6-11-16)17-12-7-4-8-13-17/h3-8,10-13H,9,14-15H2,1-2H3. The Balaban J connectivity index is 2.12. The van der Waals surface area contributed by atoms with Crippen molar-refractivity contribution in [1.82, 2.24) is 0 Å². The zero-order chi connectivity index (χ0) is 15.5. The van der Waals surface area contributed by atoms with Crippen molar-refractivity contribution in [3.05, 3.63) is 71.8 Å². The predicted octanol–water partition coefficient (Wildman–Crippen LogP) is 3.97. The van der Waals surface area contributed by atoms with E-state index >= 15 is 0 Å². The fourth-order valence-corrected chi connectivity index (χ4v) is 5.60. The summed E-state index contributed by atoms with van der Waals surface area (Å²) in [6.45, 7) is 0. The SMILES string of the molecule is CO[Si]1(OC)CCCC(c2ccccc2)(c2ccccc2)O1. The molecule has 3 nitrogen and oxygen atoms in total. The lowest BCUT2D eigenvalue weighted by Crippen LogP contribution is -2.54. The monoisotopic (exact) mass is 314 g/mol. The van der Waals surface area contributed by atoms with E-state index in [1.807, 2.05) is 12.1 Å². The molecule has 22 heavy (non-hydrogen) atoms. The van der Waals surface area contributed by atoms with Crippen molar-refractivity contribution in [2.24, 2.45) is 0 Å². The summed E-state index contributed by atoms with van der Waals surface area (Å²) in [4.78, 5) is 0. The van der Waals surface area contributed by atoms with Crippen molar-refractivity contribution in [1.29, 1.82) is 0 Å². The van der Waals surface area contributed by atoms with Gasteiger partial charge < -0.3 is 13.3 Å². The highest BCUT2D eigenvalue weighted by Gasteiger charge is 2.52. The second kappa shape index (κ2) is 6.34. The van der Waals surface area contributed by atoms with Gasteiger partial charge in [0, 0.05) is 20.3 Å². The summed E-state index contributed by atoms with van der Waals surface area (Å²) in [6.07, 6.45) is 1.96. The molecule has 0 amide bonds. The normalized spacial score (nSPS) is 19.7. The Morgan fingerprint density at radius 2 is 1.36 bits per heavy atom. The van der Waals surface area contributed by atoms with E-state index in [9.17, 15) is 0 Å². The van der Waals surface area contributed by atoms with E-state index in [1.165, 1.54) is 0 Å². The highest BCUT2D eigenvalue weighted by Crippen LogP contribution is 2.45. The molecule has 2 aromatic carbocycles. The Kier molecular flexibility index (Phi) is 4.45. The van der Waals surface area contributed by atoms with Crippen LogP contribution in [0.15, 0.2) is 60.7 Å². The summed E-state index contributed by atoms with van der Waals surface area (Å²) in [6, 6.07) is 21.7. The maximum atomic E-state index is 6.63. The van der Waals surface area contributed by atoms with E-state index in [2.05, 4.69) is 48.5 Å². The van der Waals surface area contributed by atoms with E-state index in [4.69, 9.17) is 13.3 Å². The van der Waals surface area contributed by atoms with Crippen molar-refractivity contribution in [2.75, 3.05) is 14.2 Å². The molecule has 4 heteroatoms. The number of benzene rings is 2. The van der Waals surface area contributed by atoms with E-state index in [0.717, 1.165) is 30.0 Å². The Hall–Kier alpha value is -1.46. The van der Waals surface area contributed by atoms with Gasteiger partial charge in [0.1, 0.15) is 5.60 Å². The van der Waals surface area contributed by atoms with E-state index in [0.29, 0.717) is 0 Å². The van der Waals surface area contributed by atoms with Crippen LogP contribution in [-0.4, -0.2) is 23.0 Å². The molecule has 0 saturated carbocycles. The van der Waals surface area contributed by atoms with Gasteiger partial charge in [-0.2, -0.15) is 0 Å². The number of hydrogen-bond acceptors (Lipinski definition) is 3. The molecule has 0 atom stereocenters. The van der Waals surface area contributed by atoms with Crippen LogP contribution in [0.5, 0.6) is 0 Å². The van der Waals surface area contributed by atoms with Crippen LogP contribution in [0.25, 0.3) is 0 Å². The fraction of sp³-hybridized carbons (Fsp3) is 0.333. The maximum absolute atomic E-state index is 6.63. The van der Waals surface area contributed by atoms with Gasteiger partial charge in [0.25, 0.3) is 0 Å². The number of hydrogen-bond donors (Lipinski definition) is 0. The van der Waals surface area contributed by atoms with Crippen molar-refractivity contribution in [3.63, 3.8) is 0 Å². The molecule has 0 bridgehead atoms. The first kappa shape index (κ1) is 15.4. The van der Waals surface area contributed by atoms with Crippen molar-refractivity contribution in [2.45, 2.75) is 24.5 Å². The summed E-state index contributed by atoms with van der Waals surface area (Å²) in [5, 5.41) is 0. The van der Waals surface area contributed by atoms with Gasteiger partial charge in [-0.05, 0) is 24.0 Å². The van der Waals surface area contributed by atoms with Gasteiger partial charge >= 0.3 is 8.80 Å². The van der Waals surface area contributed by atoms with Crippen LogP contribution in [0.3, 0.4) is 0 Å². The quantitative estimate of drug-likeness (QED) is 0.799. The lowest BCUT2D eigenvalue weighted by molar-refractivity contribution is -0.0187. The van der Waals surface area contributed by atoms with Gasteiger partial charge in [0.15, 0.2) is 0 Å². The topological polar surface area (TPSA) is 27.7 Å². The van der Waals surface area contributed by atoms with Crippen LogP contribution in [0.4, 0.5) is 0 Å². The molecule has 1 heterocycles. The van der Waals surface area contributed by atoms with Gasteiger partial charge in [-0.1, -0.05) is 60.7 Å². The molecule has 0 aromatic heterocycles. The highest BCUT2D eigenvalue weighted by atomic mass is 28.4. The zero-order valence-electron chi connectivity index (χ0n) is 13.1. The van der Waals surface area contributed by atoms with Crippen LogP contribution in [0.2, 0.25) is 6.04 Å². The first-order chi connectivity index (χ1) is 10.7. The van der Waals surface area contributed by atoms with E-state index in [1.54, 1.807) is 14.2 Å². The first-order valence-electron chi connectivity index (χ1n) is 7.66. The Labute approximate surface area is 133 Å². The molecular formula is C18H22O3Si. The molecule has 116 valence electrons. The van der Waals surface area contributed by atoms with E-state index in [-0.39, 0.29) is 0 Å². The molecule has 0 aliphatic carbocycles. The molecule has 3 rings (SSSR count). The third-order valence-corrected chi connectivity index (χ3v) is 7.31. The van der Waals surface area contributed by atoms with Crippen molar-refractivity contribution < 1.29 is 13.3 Å². The van der Waals surface area contributed by atoms with Gasteiger partial charge in [0.2, 0.25) is 0 Å². The largest absolute Gasteiger partial charge is 0.501 e. The average molecular weight is 314 g/mol. The van der Waals surface area contributed by atoms with Crippen LogP contribution in [0.1, 0.15) is 24.0 Å². The minimum absolute atomic E-state index is 0.487. The fourth-order valence-electron chi connectivity index (χ4n) is 3.28. The summed E-state index contributed by atoms with van der Waals surface area (Å²) in [7, 11) is 0.761. The van der Waals surface area contributed by atoms with Crippen LogP contribution in [0, 0.1) is 0 Å². The van der Waals surface area contributed by atoms with Gasteiger partial charge in [-0.3, -0.25) is 0 Å². The molecule has 2 aromatic rings. The molecule has 1 aliphatic heterocycles. The van der Waals surface area contributed by atoms with Crippen LogP contribution < -0.4 is 0 Å². The molecule has 1 aliphatic rings. The molecule has 0 radical (unpaired) electrons. The van der Waals surface area contributed by atoms with E-state index < -0.39 is 14.4 Å². The number of rotatable bonds is 4. The molecule has 0 spiro atoms. The van der Waals surface area contributed by atoms with Crippen LogP contribution in [-0.2, 0) is 18.9 Å². The third-order valence-electron chi connectivity index (χ3n) is 4.44. The smallest absolute Gasteiger partial charge is 0.377 e. The van der Waals surface area contributed by atoms with Gasteiger partial charge in [-0.25, -0.2) is 0 Å². The maximum Gasteiger partial charge on any atom is 0.501 e. The molecule has 0 N–H and O–H groups in total. The summed E-state index contributed by atoms with van der Waals surface area (Å²) < 4.78 is 18.1. The van der Waals surface area contributed by atoms with Crippen molar-refractivity contribution in [3.8, 4) is 0 Å². The lowest BCUT2D eigenvalue weighted by Gasteiger charge is -2.45. The molecular weight excluding hydrogens is 292 g/mol. The highest BCUT2D eigenvalue weighted by molar-refractivity contribution is 6.60. The third kappa shape index (κ3) is 2.63. The Morgan fingerprint density at radius 1 is 0.864 bits per heavy atom. The predicted molar refractivity (Wildman–Crippen MR) is 88.6 cm³/mol. The zero-order valence-corrected chi connectivity index (χ0v) is 14.1. The Morgan fingerprint density at radius 3 is 1.82 bits per heavy atom. The summed E-state index contributed by atoms with van der Waals surface area (Å²) in [5.74, 6) is 0.